The maximum Gasteiger partial charge on any atom is 2.00 e. The van der Waals surface area contributed by atoms with E-state index < -0.39 is 5.24 Å². The Morgan fingerprint density at radius 1 is 0.750 bits per heavy atom. The fourth-order valence-corrected chi connectivity index (χ4v) is 8.48. The SMILES string of the molecule is S=P([S-])(C1CCCCC1)C1CCCCC1.[Zn+2]. The second-order valence-corrected chi connectivity index (χ2v) is 12.3. The third kappa shape index (κ3) is 3.81. The van der Waals surface area contributed by atoms with E-state index in [1.165, 1.54) is 64.2 Å². The van der Waals surface area contributed by atoms with E-state index in [4.69, 9.17) is 24.1 Å². The van der Waals surface area contributed by atoms with Gasteiger partial charge in [0.15, 0.2) is 0 Å². The van der Waals surface area contributed by atoms with E-state index in [1.54, 1.807) is 0 Å². The van der Waals surface area contributed by atoms with Crippen molar-refractivity contribution in [3.63, 3.8) is 0 Å². The van der Waals surface area contributed by atoms with Crippen LogP contribution in [0.15, 0.2) is 0 Å². The minimum absolute atomic E-state index is 0. The van der Waals surface area contributed by atoms with E-state index in [0.29, 0.717) is 0 Å². The van der Waals surface area contributed by atoms with Crippen LogP contribution in [0.2, 0.25) is 0 Å². The summed E-state index contributed by atoms with van der Waals surface area (Å²) in [5.74, 6) is 0. The van der Waals surface area contributed by atoms with E-state index in [1.807, 2.05) is 0 Å². The van der Waals surface area contributed by atoms with Gasteiger partial charge >= 0.3 is 19.5 Å². The molecular formula is C12H22PS2Zn+. The molecule has 0 aromatic carbocycles. The Morgan fingerprint density at radius 3 is 1.38 bits per heavy atom. The zero-order valence-corrected chi connectivity index (χ0v) is 15.7. The zero-order chi connectivity index (χ0) is 10.7. The molecule has 2 aliphatic rings. The van der Waals surface area contributed by atoms with E-state index >= 15 is 0 Å². The van der Waals surface area contributed by atoms with E-state index in [9.17, 15) is 0 Å². The van der Waals surface area contributed by atoms with Gasteiger partial charge in [0.05, 0.1) is 0 Å². The Bertz CT molecular complexity index is 223. The van der Waals surface area contributed by atoms with Crippen LogP contribution >= 0.6 is 5.24 Å². The molecule has 0 saturated heterocycles. The van der Waals surface area contributed by atoms with Crippen molar-refractivity contribution in [2.24, 2.45) is 0 Å². The zero-order valence-electron chi connectivity index (χ0n) is 10.2. The summed E-state index contributed by atoms with van der Waals surface area (Å²) in [4.78, 5) is 0. The summed E-state index contributed by atoms with van der Waals surface area (Å²) in [6.45, 7) is 0. The van der Waals surface area contributed by atoms with E-state index in [-0.39, 0.29) is 19.5 Å². The largest absolute Gasteiger partial charge is 2.00 e. The van der Waals surface area contributed by atoms with Gasteiger partial charge in [-0.15, -0.1) is 11.8 Å². The van der Waals surface area contributed by atoms with Crippen LogP contribution in [-0.2, 0) is 43.5 Å². The Hall–Kier alpha value is 1.62. The van der Waals surface area contributed by atoms with Crippen molar-refractivity contribution in [3.05, 3.63) is 0 Å². The quantitative estimate of drug-likeness (QED) is 0.413. The molecule has 0 unspecified atom stereocenters. The average Bonchev–Trinajstić information content (AvgIpc) is 2.31. The molecule has 0 atom stereocenters. The normalized spacial score (nSPS) is 25.1. The second-order valence-electron chi connectivity index (χ2n) is 5.23. The fourth-order valence-electron chi connectivity index (χ4n) is 3.18. The molecule has 0 nitrogen and oxygen atoms in total. The summed E-state index contributed by atoms with van der Waals surface area (Å²) in [7, 11) is 0. The molecular weight excluding hydrogens is 305 g/mol. The van der Waals surface area contributed by atoms with Gasteiger partial charge in [-0.25, -0.2) is 0 Å². The van der Waals surface area contributed by atoms with Gasteiger partial charge in [-0.2, -0.15) is 5.24 Å². The molecule has 0 aliphatic heterocycles. The third-order valence-corrected chi connectivity index (χ3v) is 10.8. The van der Waals surface area contributed by atoms with Gasteiger partial charge in [-0.05, 0) is 37.0 Å². The van der Waals surface area contributed by atoms with Gasteiger partial charge in [0.2, 0.25) is 0 Å². The average molecular weight is 327 g/mol. The molecule has 16 heavy (non-hydrogen) atoms. The van der Waals surface area contributed by atoms with Gasteiger partial charge in [-0.1, -0.05) is 38.5 Å². The fraction of sp³-hybridized carbons (Fsp3) is 1.00. The van der Waals surface area contributed by atoms with Gasteiger partial charge in [0.25, 0.3) is 0 Å². The molecule has 0 amide bonds. The predicted molar refractivity (Wildman–Crippen MR) is 75.4 cm³/mol. The summed E-state index contributed by atoms with van der Waals surface area (Å²) >= 11 is 11.8. The molecule has 0 aromatic heterocycles. The number of rotatable bonds is 2. The first-order valence-corrected chi connectivity index (χ1v) is 10.5. The number of hydrogen-bond donors (Lipinski definition) is 0. The van der Waals surface area contributed by atoms with Crippen molar-refractivity contribution in [1.82, 2.24) is 0 Å². The molecule has 0 heterocycles. The summed E-state index contributed by atoms with van der Waals surface area (Å²) < 4.78 is 0. The standard InChI is InChI=1S/C12H23PS2.Zn/c14-13(15,11-7-3-1-4-8-11)12-9-5-2-6-10-12;/h11-12H,1-10H2,(H,14,15);/q;+2/p-1. The molecule has 2 rings (SSSR count). The second kappa shape index (κ2) is 7.27. The van der Waals surface area contributed by atoms with Crippen molar-refractivity contribution in [2.75, 3.05) is 0 Å². The van der Waals surface area contributed by atoms with Crippen molar-refractivity contribution >= 4 is 29.3 Å². The Kier molecular flexibility index (Phi) is 7.13. The van der Waals surface area contributed by atoms with Gasteiger partial charge in [0, 0.05) is 0 Å². The Morgan fingerprint density at radius 2 is 1.06 bits per heavy atom. The molecule has 0 spiro atoms. The monoisotopic (exact) mass is 325 g/mol. The minimum Gasteiger partial charge on any atom is -0.746 e. The maximum atomic E-state index is 5.91. The molecule has 2 fully saturated rings. The van der Waals surface area contributed by atoms with Crippen LogP contribution in [0.4, 0.5) is 0 Å². The molecule has 0 N–H and O–H groups in total. The first-order valence-electron chi connectivity index (χ1n) is 6.51. The predicted octanol–water partition coefficient (Wildman–Crippen LogP) is 4.59. The summed E-state index contributed by atoms with van der Waals surface area (Å²) in [5, 5.41) is -1.43. The van der Waals surface area contributed by atoms with Crippen LogP contribution in [0.1, 0.15) is 64.2 Å². The summed E-state index contributed by atoms with van der Waals surface area (Å²) in [5.41, 5.74) is 1.55. The molecule has 88 valence electrons. The van der Waals surface area contributed by atoms with E-state index in [2.05, 4.69) is 0 Å². The van der Waals surface area contributed by atoms with Crippen molar-refractivity contribution in [3.8, 4) is 0 Å². The summed E-state index contributed by atoms with van der Waals surface area (Å²) in [6, 6.07) is 0. The van der Waals surface area contributed by atoms with Crippen LogP contribution in [0.3, 0.4) is 0 Å². The van der Waals surface area contributed by atoms with Gasteiger partial charge in [0.1, 0.15) is 0 Å². The van der Waals surface area contributed by atoms with Crippen molar-refractivity contribution in [1.29, 1.82) is 0 Å². The maximum absolute atomic E-state index is 5.91. The molecule has 0 bridgehead atoms. The summed E-state index contributed by atoms with van der Waals surface area (Å²) in [6.07, 6.45) is 13.9. The number of hydrogen-bond acceptors (Lipinski definition) is 2. The molecule has 4 heteroatoms. The van der Waals surface area contributed by atoms with Crippen LogP contribution in [0, 0.1) is 0 Å². The van der Waals surface area contributed by atoms with Crippen LogP contribution in [0.25, 0.3) is 0 Å². The molecule has 0 aromatic rings. The van der Waals surface area contributed by atoms with Gasteiger partial charge < -0.3 is 12.2 Å². The first kappa shape index (κ1) is 15.7. The van der Waals surface area contributed by atoms with Crippen LogP contribution in [0.5, 0.6) is 0 Å². The Labute approximate surface area is 124 Å². The van der Waals surface area contributed by atoms with Crippen LogP contribution < -0.4 is 0 Å². The van der Waals surface area contributed by atoms with Crippen LogP contribution in [-0.4, -0.2) is 11.3 Å². The van der Waals surface area contributed by atoms with Gasteiger partial charge in [-0.3, -0.25) is 0 Å². The Balaban J connectivity index is 0.00000128. The molecule has 2 saturated carbocycles. The van der Waals surface area contributed by atoms with E-state index in [0.717, 1.165) is 11.3 Å². The topological polar surface area (TPSA) is 0 Å². The van der Waals surface area contributed by atoms with Crippen molar-refractivity contribution in [2.45, 2.75) is 75.5 Å². The third-order valence-electron chi connectivity index (χ3n) is 4.17. The first-order chi connectivity index (χ1) is 7.21. The van der Waals surface area contributed by atoms with Crippen molar-refractivity contribution < 1.29 is 19.5 Å². The smallest absolute Gasteiger partial charge is 0.746 e. The molecule has 2 aliphatic carbocycles. The molecule has 0 radical (unpaired) electrons. The minimum atomic E-state index is -1.43.